The molecule has 1 fully saturated rings. The van der Waals surface area contributed by atoms with Crippen molar-refractivity contribution in [3.63, 3.8) is 0 Å². The molecule has 158 valence electrons. The molecule has 3 heteroatoms. The molecular weight excluding hydrogens is 392 g/mol. The Morgan fingerprint density at radius 2 is 1.34 bits per heavy atom. The molecule has 0 saturated heterocycles. The molecule has 3 nitrogen and oxygen atoms in total. The highest BCUT2D eigenvalue weighted by Gasteiger charge is 2.37. The maximum Gasteiger partial charge on any atom is 0.255 e. The van der Waals surface area contributed by atoms with Crippen molar-refractivity contribution in [2.45, 2.75) is 24.9 Å². The van der Waals surface area contributed by atoms with E-state index in [2.05, 4.69) is 71.3 Å². The molecule has 2 N–H and O–H groups in total. The van der Waals surface area contributed by atoms with Gasteiger partial charge in [0.15, 0.2) is 0 Å². The second-order valence-corrected chi connectivity index (χ2v) is 8.33. The van der Waals surface area contributed by atoms with Crippen LogP contribution in [0.2, 0.25) is 0 Å². The van der Waals surface area contributed by atoms with Gasteiger partial charge in [0.1, 0.15) is 0 Å². The fraction of sp³-hybridized carbons (Fsp3) is 0.138. The molecule has 0 spiro atoms. The van der Waals surface area contributed by atoms with Crippen LogP contribution < -0.4 is 10.6 Å². The quantitative estimate of drug-likeness (QED) is 0.372. The van der Waals surface area contributed by atoms with Gasteiger partial charge in [-0.25, -0.2) is 0 Å². The molecule has 1 saturated carbocycles. The van der Waals surface area contributed by atoms with Gasteiger partial charge in [-0.2, -0.15) is 0 Å². The van der Waals surface area contributed by atoms with Gasteiger partial charge in [0.05, 0.1) is 0 Å². The molecule has 2 unspecified atom stereocenters. The third-order valence-electron chi connectivity index (χ3n) is 6.05. The standard InChI is InChI=1S/C29H26N2O/c32-29(25-9-5-2-6-10-25)31-26-17-15-24(16-18-26)27-19-28(27)30-20-21-11-13-23(14-12-21)22-7-3-1-4-8-22/h1-18,27-28,30H,19-20H2,(H,31,32). The Balaban J connectivity index is 1.12. The molecule has 4 aromatic carbocycles. The molecule has 0 radical (unpaired) electrons. The molecule has 1 amide bonds. The largest absolute Gasteiger partial charge is 0.322 e. The van der Waals surface area contributed by atoms with E-state index >= 15 is 0 Å². The third kappa shape index (κ3) is 4.79. The molecule has 0 aliphatic heterocycles. The van der Waals surface area contributed by atoms with Gasteiger partial charge >= 0.3 is 0 Å². The van der Waals surface area contributed by atoms with Gasteiger partial charge in [-0.05, 0) is 52.9 Å². The summed E-state index contributed by atoms with van der Waals surface area (Å²) in [5, 5.41) is 6.64. The Kier molecular flexibility index (Phi) is 5.82. The molecule has 5 rings (SSSR count). The molecular formula is C29H26N2O. The van der Waals surface area contributed by atoms with Crippen molar-refractivity contribution in [3.05, 3.63) is 126 Å². The van der Waals surface area contributed by atoms with E-state index in [0.717, 1.165) is 18.7 Å². The second-order valence-electron chi connectivity index (χ2n) is 8.33. The Hall–Kier alpha value is -3.69. The van der Waals surface area contributed by atoms with Crippen LogP contribution in [0.3, 0.4) is 0 Å². The van der Waals surface area contributed by atoms with Crippen molar-refractivity contribution in [1.29, 1.82) is 0 Å². The zero-order valence-corrected chi connectivity index (χ0v) is 17.9. The van der Waals surface area contributed by atoms with Crippen molar-refractivity contribution >= 4 is 11.6 Å². The second kappa shape index (κ2) is 9.21. The van der Waals surface area contributed by atoms with E-state index in [-0.39, 0.29) is 5.91 Å². The molecule has 32 heavy (non-hydrogen) atoms. The molecule has 2 atom stereocenters. The summed E-state index contributed by atoms with van der Waals surface area (Å²) in [7, 11) is 0. The summed E-state index contributed by atoms with van der Waals surface area (Å²) >= 11 is 0. The predicted octanol–water partition coefficient (Wildman–Crippen LogP) is 6.25. The van der Waals surface area contributed by atoms with Gasteiger partial charge in [0.25, 0.3) is 5.91 Å². The lowest BCUT2D eigenvalue weighted by Crippen LogP contribution is -2.17. The lowest BCUT2D eigenvalue weighted by Gasteiger charge is -2.08. The third-order valence-corrected chi connectivity index (χ3v) is 6.05. The number of amides is 1. The van der Waals surface area contributed by atoms with Crippen LogP contribution >= 0.6 is 0 Å². The Labute approximate surface area is 189 Å². The summed E-state index contributed by atoms with van der Waals surface area (Å²) < 4.78 is 0. The maximum absolute atomic E-state index is 12.3. The van der Waals surface area contributed by atoms with Gasteiger partial charge in [0.2, 0.25) is 0 Å². The van der Waals surface area contributed by atoms with Gasteiger partial charge in [-0.15, -0.1) is 0 Å². The molecule has 1 aliphatic carbocycles. The van der Waals surface area contributed by atoms with Crippen molar-refractivity contribution in [1.82, 2.24) is 5.32 Å². The van der Waals surface area contributed by atoms with Crippen molar-refractivity contribution in [3.8, 4) is 11.1 Å². The predicted molar refractivity (Wildman–Crippen MR) is 131 cm³/mol. The van der Waals surface area contributed by atoms with E-state index < -0.39 is 0 Å². The van der Waals surface area contributed by atoms with E-state index in [0.29, 0.717) is 17.5 Å². The molecule has 4 aromatic rings. The Morgan fingerprint density at radius 1 is 0.719 bits per heavy atom. The van der Waals surface area contributed by atoms with Crippen LogP contribution in [0.5, 0.6) is 0 Å². The topological polar surface area (TPSA) is 41.1 Å². The van der Waals surface area contributed by atoms with Crippen LogP contribution in [0, 0.1) is 0 Å². The lowest BCUT2D eigenvalue weighted by atomic mass is 10.0. The van der Waals surface area contributed by atoms with Crippen molar-refractivity contribution in [2.75, 3.05) is 5.32 Å². The fourth-order valence-corrected chi connectivity index (χ4v) is 4.09. The number of nitrogens with one attached hydrogen (secondary N) is 2. The lowest BCUT2D eigenvalue weighted by molar-refractivity contribution is 0.102. The smallest absolute Gasteiger partial charge is 0.255 e. The van der Waals surface area contributed by atoms with Gasteiger partial charge < -0.3 is 10.6 Å². The van der Waals surface area contributed by atoms with Gasteiger partial charge in [-0.1, -0.05) is 84.9 Å². The first kappa shape index (κ1) is 20.2. The minimum atomic E-state index is -0.0809. The van der Waals surface area contributed by atoms with Crippen LogP contribution in [-0.2, 0) is 6.54 Å². The van der Waals surface area contributed by atoms with Crippen molar-refractivity contribution < 1.29 is 4.79 Å². The van der Waals surface area contributed by atoms with Crippen LogP contribution in [0.15, 0.2) is 109 Å². The number of hydrogen-bond donors (Lipinski definition) is 2. The zero-order chi connectivity index (χ0) is 21.8. The molecule has 1 aliphatic rings. The van der Waals surface area contributed by atoms with Gasteiger partial charge in [0, 0.05) is 29.8 Å². The number of benzene rings is 4. The highest BCUT2D eigenvalue weighted by molar-refractivity contribution is 6.04. The minimum Gasteiger partial charge on any atom is -0.322 e. The molecule has 0 bridgehead atoms. The van der Waals surface area contributed by atoms with E-state index in [1.54, 1.807) is 0 Å². The zero-order valence-electron chi connectivity index (χ0n) is 17.9. The summed E-state index contributed by atoms with van der Waals surface area (Å²) in [6, 6.07) is 37.3. The van der Waals surface area contributed by atoms with Crippen LogP contribution in [0.4, 0.5) is 5.69 Å². The highest BCUT2D eigenvalue weighted by Crippen LogP contribution is 2.41. The number of carbonyl (C=O) groups excluding carboxylic acids is 1. The van der Waals surface area contributed by atoms with E-state index in [1.165, 1.54) is 22.3 Å². The highest BCUT2D eigenvalue weighted by atomic mass is 16.1. The number of rotatable bonds is 7. The maximum atomic E-state index is 12.3. The van der Waals surface area contributed by atoms with Crippen LogP contribution in [0.25, 0.3) is 11.1 Å². The normalized spacial score (nSPS) is 17.0. The molecule has 0 aromatic heterocycles. The first-order valence-corrected chi connectivity index (χ1v) is 11.1. The average molecular weight is 419 g/mol. The summed E-state index contributed by atoms with van der Waals surface area (Å²) in [6.45, 7) is 0.876. The van der Waals surface area contributed by atoms with Gasteiger partial charge in [-0.3, -0.25) is 4.79 Å². The van der Waals surface area contributed by atoms with E-state index in [1.807, 2.05) is 48.5 Å². The summed E-state index contributed by atoms with van der Waals surface area (Å²) in [5.41, 5.74) is 6.61. The summed E-state index contributed by atoms with van der Waals surface area (Å²) in [4.78, 5) is 12.3. The van der Waals surface area contributed by atoms with Crippen LogP contribution in [0.1, 0.15) is 33.8 Å². The number of hydrogen-bond acceptors (Lipinski definition) is 2. The first-order valence-electron chi connectivity index (χ1n) is 11.1. The first-order chi connectivity index (χ1) is 15.8. The van der Waals surface area contributed by atoms with E-state index in [4.69, 9.17) is 0 Å². The van der Waals surface area contributed by atoms with E-state index in [9.17, 15) is 4.79 Å². The summed E-state index contributed by atoms with van der Waals surface area (Å²) in [5.74, 6) is 0.458. The summed E-state index contributed by atoms with van der Waals surface area (Å²) in [6.07, 6.45) is 1.15. The number of anilines is 1. The SMILES string of the molecule is O=C(Nc1ccc(C2CC2NCc2ccc(-c3ccccc3)cc2)cc1)c1ccccc1. The Bertz CT molecular complexity index is 1170. The monoisotopic (exact) mass is 418 g/mol. The van der Waals surface area contributed by atoms with Crippen LogP contribution in [-0.4, -0.2) is 11.9 Å². The Morgan fingerprint density at radius 3 is 2.03 bits per heavy atom. The molecule has 0 heterocycles. The fourth-order valence-electron chi connectivity index (χ4n) is 4.09. The minimum absolute atomic E-state index is 0.0809. The average Bonchev–Trinajstić information content (AvgIpc) is 3.64. The van der Waals surface area contributed by atoms with Crippen molar-refractivity contribution in [2.24, 2.45) is 0 Å². The number of carbonyl (C=O) groups is 1.